The molecule has 1 aromatic carbocycles. The first-order valence-electron chi connectivity index (χ1n) is 9.62. The van der Waals surface area contributed by atoms with E-state index in [1.54, 1.807) is 0 Å². The third-order valence-corrected chi connectivity index (χ3v) is 5.93. The van der Waals surface area contributed by atoms with E-state index in [4.69, 9.17) is 0 Å². The Morgan fingerprint density at radius 2 is 1.84 bits per heavy atom. The maximum absolute atomic E-state index is 13.2. The quantitative estimate of drug-likeness (QED) is 0.842. The standard InChI is InChI=1S/C21H30N2O2/c1-16(2)22-14-6-12-21(20(22)25)13-7-15-23(21)19(24)11-10-18-9-5-4-8-17(18)3/h4-5,8-9,16H,6-7,10-15H2,1-3H3. The number of piperidine rings is 1. The second-order valence-electron chi connectivity index (χ2n) is 7.80. The van der Waals surface area contributed by atoms with Gasteiger partial charge in [0.1, 0.15) is 5.54 Å². The largest absolute Gasteiger partial charge is 0.338 e. The molecule has 2 fully saturated rings. The van der Waals surface area contributed by atoms with E-state index in [0.29, 0.717) is 6.42 Å². The predicted molar refractivity (Wildman–Crippen MR) is 99.3 cm³/mol. The highest BCUT2D eigenvalue weighted by molar-refractivity contribution is 5.93. The second kappa shape index (κ2) is 7.19. The van der Waals surface area contributed by atoms with Gasteiger partial charge in [0.25, 0.3) is 0 Å². The molecular weight excluding hydrogens is 312 g/mol. The van der Waals surface area contributed by atoms with Gasteiger partial charge in [0.15, 0.2) is 0 Å². The topological polar surface area (TPSA) is 40.6 Å². The Hall–Kier alpha value is -1.84. The van der Waals surface area contributed by atoms with Crippen LogP contribution in [0.1, 0.15) is 57.1 Å². The molecule has 2 amide bonds. The second-order valence-corrected chi connectivity index (χ2v) is 7.80. The third kappa shape index (κ3) is 3.31. The monoisotopic (exact) mass is 342 g/mol. The molecular formula is C21H30N2O2. The van der Waals surface area contributed by atoms with Gasteiger partial charge in [-0.2, -0.15) is 0 Å². The van der Waals surface area contributed by atoms with Gasteiger partial charge >= 0.3 is 0 Å². The third-order valence-electron chi connectivity index (χ3n) is 5.93. The van der Waals surface area contributed by atoms with Crippen LogP contribution in [-0.4, -0.2) is 46.3 Å². The van der Waals surface area contributed by atoms with Gasteiger partial charge in [-0.05, 0) is 64.0 Å². The fourth-order valence-corrected chi connectivity index (χ4v) is 4.50. The molecule has 0 bridgehead atoms. The van der Waals surface area contributed by atoms with E-state index in [2.05, 4.69) is 32.9 Å². The SMILES string of the molecule is Cc1ccccc1CCC(=O)N1CCCC12CCCN(C(C)C)C2=O. The summed E-state index contributed by atoms with van der Waals surface area (Å²) in [5, 5.41) is 0. The van der Waals surface area contributed by atoms with Crippen molar-refractivity contribution in [3.05, 3.63) is 35.4 Å². The molecule has 25 heavy (non-hydrogen) atoms. The zero-order valence-electron chi connectivity index (χ0n) is 15.8. The summed E-state index contributed by atoms with van der Waals surface area (Å²) in [7, 11) is 0. The van der Waals surface area contributed by atoms with Crippen molar-refractivity contribution < 1.29 is 9.59 Å². The molecule has 1 spiro atoms. The molecule has 2 heterocycles. The fraction of sp³-hybridized carbons (Fsp3) is 0.619. The number of rotatable bonds is 4. The maximum Gasteiger partial charge on any atom is 0.248 e. The van der Waals surface area contributed by atoms with Gasteiger partial charge in [-0.1, -0.05) is 24.3 Å². The number of amides is 2. The van der Waals surface area contributed by atoms with Crippen molar-refractivity contribution in [3.8, 4) is 0 Å². The normalized spacial score (nSPS) is 23.8. The molecule has 2 saturated heterocycles. The zero-order chi connectivity index (χ0) is 18.0. The lowest BCUT2D eigenvalue weighted by Gasteiger charge is -2.46. The highest BCUT2D eigenvalue weighted by atomic mass is 16.2. The van der Waals surface area contributed by atoms with Crippen LogP contribution in [0.2, 0.25) is 0 Å². The summed E-state index contributed by atoms with van der Waals surface area (Å²) >= 11 is 0. The molecule has 1 unspecified atom stereocenters. The Balaban J connectivity index is 1.73. The number of hydrogen-bond donors (Lipinski definition) is 0. The summed E-state index contributed by atoms with van der Waals surface area (Å²) in [4.78, 5) is 30.0. The molecule has 4 heteroatoms. The molecule has 0 radical (unpaired) electrons. The van der Waals surface area contributed by atoms with E-state index in [1.165, 1.54) is 11.1 Å². The van der Waals surface area contributed by atoms with Crippen LogP contribution in [-0.2, 0) is 16.0 Å². The Bertz CT molecular complexity index is 655. The van der Waals surface area contributed by atoms with Crippen molar-refractivity contribution >= 4 is 11.8 Å². The van der Waals surface area contributed by atoms with Gasteiger partial charge in [0, 0.05) is 25.6 Å². The first-order chi connectivity index (χ1) is 12.0. The number of benzene rings is 1. The lowest BCUT2D eigenvalue weighted by Crippen LogP contribution is -2.62. The molecule has 0 saturated carbocycles. The maximum atomic E-state index is 13.2. The van der Waals surface area contributed by atoms with Crippen LogP contribution in [0.25, 0.3) is 0 Å². The Kier molecular flexibility index (Phi) is 5.16. The van der Waals surface area contributed by atoms with Crippen LogP contribution < -0.4 is 0 Å². The van der Waals surface area contributed by atoms with Crippen molar-refractivity contribution in [1.29, 1.82) is 0 Å². The van der Waals surface area contributed by atoms with E-state index in [1.807, 2.05) is 21.9 Å². The van der Waals surface area contributed by atoms with Gasteiger partial charge in [0.2, 0.25) is 11.8 Å². The first kappa shape index (κ1) is 18.0. The van der Waals surface area contributed by atoms with Crippen LogP contribution in [0.15, 0.2) is 24.3 Å². The van der Waals surface area contributed by atoms with Crippen molar-refractivity contribution in [3.63, 3.8) is 0 Å². The van der Waals surface area contributed by atoms with Gasteiger partial charge in [-0.25, -0.2) is 0 Å². The van der Waals surface area contributed by atoms with E-state index < -0.39 is 5.54 Å². The predicted octanol–water partition coefficient (Wildman–Crippen LogP) is 3.32. The molecule has 2 aliphatic heterocycles. The average Bonchev–Trinajstić information content (AvgIpc) is 3.01. The number of nitrogens with zero attached hydrogens (tertiary/aromatic N) is 2. The summed E-state index contributed by atoms with van der Waals surface area (Å²) < 4.78 is 0. The van der Waals surface area contributed by atoms with Crippen LogP contribution in [0.3, 0.4) is 0 Å². The minimum Gasteiger partial charge on any atom is -0.338 e. The van der Waals surface area contributed by atoms with Crippen LogP contribution in [0.4, 0.5) is 0 Å². The van der Waals surface area contributed by atoms with Crippen molar-refractivity contribution in [2.45, 2.75) is 70.9 Å². The number of carbonyl (C=O) groups excluding carboxylic acids is 2. The molecule has 1 aromatic rings. The average molecular weight is 342 g/mol. The van der Waals surface area contributed by atoms with Crippen LogP contribution in [0, 0.1) is 6.92 Å². The van der Waals surface area contributed by atoms with Crippen LogP contribution >= 0.6 is 0 Å². The van der Waals surface area contributed by atoms with Crippen molar-refractivity contribution in [1.82, 2.24) is 9.80 Å². The van der Waals surface area contributed by atoms with E-state index in [0.717, 1.165) is 45.2 Å². The number of likely N-dealkylation sites (tertiary alicyclic amines) is 2. The van der Waals surface area contributed by atoms with Crippen molar-refractivity contribution in [2.24, 2.45) is 0 Å². The molecule has 4 nitrogen and oxygen atoms in total. The summed E-state index contributed by atoms with van der Waals surface area (Å²) in [6.07, 6.45) is 4.82. The highest BCUT2D eigenvalue weighted by Crippen LogP contribution is 2.39. The Morgan fingerprint density at radius 3 is 2.52 bits per heavy atom. The summed E-state index contributed by atoms with van der Waals surface area (Å²) in [5.41, 5.74) is 1.89. The molecule has 0 aromatic heterocycles. The molecule has 2 aliphatic rings. The van der Waals surface area contributed by atoms with Crippen LogP contribution in [0.5, 0.6) is 0 Å². The Labute approximate surface area is 151 Å². The smallest absolute Gasteiger partial charge is 0.248 e. The minimum atomic E-state index is -0.564. The minimum absolute atomic E-state index is 0.139. The summed E-state index contributed by atoms with van der Waals surface area (Å²) in [5.74, 6) is 0.315. The van der Waals surface area contributed by atoms with Gasteiger partial charge in [-0.15, -0.1) is 0 Å². The summed E-state index contributed by atoms with van der Waals surface area (Å²) in [6, 6.07) is 8.43. The van der Waals surface area contributed by atoms with Crippen molar-refractivity contribution in [2.75, 3.05) is 13.1 Å². The van der Waals surface area contributed by atoms with Gasteiger partial charge in [0.05, 0.1) is 0 Å². The van der Waals surface area contributed by atoms with E-state index >= 15 is 0 Å². The number of aryl methyl sites for hydroxylation is 2. The van der Waals surface area contributed by atoms with Gasteiger partial charge in [-0.3, -0.25) is 9.59 Å². The molecule has 136 valence electrons. The highest BCUT2D eigenvalue weighted by Gasteiger charge is 2.52. The number of hydrogen-bond acceptors (Lipinski definition) is 2. The van der Waals surface area contributed by atoms with E-state index in [9.17, 15) is 9.59 Å². The lowest BCUT2D eigenvalue weighted by atomic mass is 9.84. The molecule has 0 N–H and O–H groups in total. The zero-order valence-corrected chi connectivity index (χ0v) is 15.8. The lowest BCUT2D eigenvalue weighted by molar-refractivity contribution is -0.156. The first-order valence-corrected chi connectivity index (χ1v) is 9.62. The summed E-state index contributed by atoms with van der Waals surface area (Å²) in [6.45, 7) is 7.77. The van der Waals surface area contributed by atoms with Gasteiger partial charge < -0.3 is 9.80 Å². The fourth-order valence-electron chi connectivity index (χ4n) is 4.50. The number of carbonyl (C=O) groups is 2. The van der Waals surface area contributed by atoms with E-state index in [-0.39, 0.29) is 17.9 Å². The molecule has 1 atom stereocenters. The Morgan fingerprint density at radius 1 is 1.16 bits per heavy atom. The molecule has 3 rings (SSSR count). The molecule has 0 aliphatic carbocycles.